The number of hydrogen-bond acceptors (Lipinski definition) is 4. The van der Waals surface area contributed by atoms with Crippen molar-refractivity contribution in [1.29, 1.82) is 0 Å². The highest BCUT2D eigenvalue weighted by Crippen LogP contribution is 2.23. The van der Waals surface area contributed by atoms with E-state index >= 15 is 0 Å². The molecule has 4 nitrogen and oxygen atoms in total. The molecule has 0 rings (SSSR count). The molecule has 0 radical (unpaired) electrons. The van der Waals surface area contributed by atoms with E-state index in [1.165, 1.54) is 180 Å². The third kappa shape index (κ3) is 33.9. The zero-order valence-electron chi connectivity index (χ0n) is 29.0. The maximum absolute atomic E-state index is 12.5. The number of rotatable bonds is 36. The van der Waals surface area contributed by atoms with E-state index in [4.69, 9.17) is 14.2 Å². The van der Waals surface area contributed by atoms with Crippen LogP contribution in [-0.4, -0.2) is 39.5 Å². The summed E-state index contributed by atoms with van der Waals surface area (Å²) in [5.41, 5.74) is 0. The summed E-state index contributed by atoms with van der Waals surface area (Å²) in [4.78, 5) is 12.5. The maximum Gasteiger partial charge on any atom is 0.306 e. The molecule has 4 heteroatoms. The van der Waals surface area contributed by atoms with Crippen LogP contribution in [0.1, 0.15) is 200 Å². The minimum Gasteiger partial charge on any atom is -0.463 e. The molecule has 0 unspecified atom stereocenters. The van der Waals surface area contributed by atoms with Gasteiger partial charge in [-0.2, -0.15) is 0 Å². The van der Waals surface area contributed by atoms with E-state index in [0.29, 0.717) is 38.8 Å². The van der Waals surface area contributed by atoms with Crippen LogP contribution in [0.5, 0.6) is 0 Å². The summed E-state index contributed by atoms with van der Waals surface area (Å²) in [7, 11) is 1.66. The lowest BCUT2D eigenvalue weighted by atomic mass is 9.91. The largest absolute Gasteiger partial charge is 0.463 e. The van der Waals surface area contributed by atoms with Gasteiger partial charge in [0.15, 0.2) is 0 Å². The van der Waals surface area contributed by atoms with Crippen LogP contribution in [0.15, 0.2) is 0 Å². The molecule has 0 fully saturated rings. The first-order chi connectivity index (χ1) is 20.7. The smallest absolute Gasteiger partial charge is 0.306 e. The molecule has 0 aliphatic carbocycles. The Balaban J connectivity index is 3.98. The second-order valence-corrected chi connectivity index (χ2v) is 13.0. The normalized spacial score (nSPS) is 11.5. The first kappa shape index (κ1) is 41.4. The van der Waals surface area contributed by atoms with Gasteiger partial charge in [0, 0.05) is 13.5 Å². The number of carbonyl (C=O) groups is 1. The second kappa shape index (κ2) is 36.6. The highest BCUT2D eigenvalue weighted by molar-refractivity contribution is 5.69. The van der Waals surface area contributed by atoms with Crippen LogP contribution in [0.4, 0.5) is 0 Å². The molecule has 0 saturated heterocycles. The predicted octanol–water partition coefficient (Wildman–Crippen LogP) is 12.2. The average Bonchev–Trinajstić information content (AvgIpc) is 2.99. The van der Waals surface area contributed by atoms with Crippen molar-refractivity contribution < 1.29 is 19.0 Å². The fourth-order valence-corrected chi connectivity index (χ4v) is 6.00. The Morgan fingerprint density at radius 2 is 0.786 bits per heavy atom. The highest BCUT2D eigenvalue weighted by atomic mass is 16.6. The van der Waals surface area contributed by atoms with Crippen LogP contribution in [0.25, 0.3) is 0 Å². The van der Waals surface area contributed by atoms with Crippen molar-refractivity contribution in [1.82, 2.24) is 0 Å². The summed E-state index contributed by atoms with van der Waals surface area (Å²) in [6.45, 7) is 6.52. The Kier molecular flexibility index (Phi) is 36.0. The van der Waals surface area contributed by atoms with Gasteiger partial charge < -0.3 is 14.2 Å². The molecule has 0 aromatic rings. The molecule has 0 amide bonds. The Labute approximate surface area is 264 Å². The fourth-order valence-electron chi connectivity index (χ4n) is 6.00. The molecule has 42 heavy (non-hydrogen) atoms. The number of unbranched alkanes of at least 4 members (excludes halogenated alkanes) is 24. The third-order valence-corrected chi connectivity index (χ3v) is 8.81. The van der Waals surface area contributed by atoms with Gasteiger partial charge in [-0.25, -0.2) is 0 Å². The van der Waals surface area contributed by atoms with Crippen molar-refractivity contribution in [3.63, 3.8) is 0 Å². The molecule has 0 aliphatic heterocycles. The summed E-state index contributed by atoms with van der Waals surface area (Å²) in [6.07, 6.45) is 39.0. The Bertz CT molecular complexity index is 479. The molecule has 0 aromatic heterocycles. The first-order valence-corrected chi connectivity index (χ1v) is 19.0. The van der Waals surface area contributed by atoms with Gasteiger partial charge in [-0.05, 0) is 18.8 Å². The maximum atomic E-state index is 12.5. The monoisotopic (exact) mass is 597 g/mol. The van der Waals surface area contributed by atoms with Crippen molar-refractivity contribution in [2.45, 2.75) is 200 Å². The van der Waals surface area contributed by atoms with E-state index in [1.54, 1.807) is 7.11 Å². The van der Waals surface area contributed by atoms with Crippen molar-refractivity contribution in [3.05, 3.63) is 0 Å². The van der Waals surface area contributed by atoms with Crippen LogP contribution >= 0.6 is 0 Å². The van der Waals surface area contributed by atoms with Gasteiger partial charge in [0.2, 0.25) is 0 Å². The van der Waals surface area contributed by atoms with Crippen molar-refractivity contribution >= 4 is 5.97 Å². The summed E-state index contributed by atoms with van der Waals surface area (Å²) < 4.78 is 15.9. The van der Waals surface area contributed by atoms with Gasteiger partial charge >= 0.3 is 5.97 Å². The predicted molar refractivity (Wildman–Crippen MR) is 182 cm³/mol. The highest BCUT2D eigenvalue weighted by Gasteiger charge is 2.15. The number of hydrogen-bond donors (Lipinski definition) is 0. The molecule has 0 saturated carbocycles. The van der Waals surface area contributed by atoms with Crippen LogP contribution in [0.3, 0.4) is 0 Å². The van der Waals surface area contributed by atoms with Gasteiger partial charge in [0.05, 0.1) is 19.8 Å². The van der Waals surface area contributed by atoms with Crippen molar-refractivity contribution in [3.8, 4) is 0 Å². The Hall–Kier alpha value is -0.610. The zero-order chi connectivity index (χ0) is 30.6. The quantitative estimate of drug-likeness (QED) is 0.0533. The van der Waals surface area contributed by atoms with E-state index < -0.39 is 0 Å². The standard InChI is InChI=1S/C38H76O4/c1-4-6-8-10-12-14-16-18-20-22-24-26-28-30-37(36-38(39)42-35-34-41-33-32-40-3)31-29-27-25-23-21-19-17-15-13-11-9-7-5-2/h37H,4-36H2,1-3H3. The van der Waals surface area contributed by atoms with Crippen molar-refractivity contribution in [2.75, 3.05) is 33.5 Å². The van der Waals surface area contributed by atoms with E-state index in [9.17, 15) is 4.79 Å². The van der Waals surface area contributed by atoms with Crippen LogP contribution < -0.4 is 0 Å². The first-order valence-electron chi connectivity index (χ1n) is 19.0. The minimum absolute atomic E-state index is 0.0419. The van der Waals surface area contributed by atoms with Crippen molar-refractivity contribution in [2.24, 2.45) is 5.92 Å². The summed E-state index contributed by atoms with van der Waals surface area (Å²) in [5, 5.41) is 0. The van der Waals surface area contributed by atoms with Crippen LogP contribution in [0.2, 0.25) is 0 Å². The number of ether oxygens (including phenoxy) is 3. The lowest BCUT2D eigenvalue weighted by Gasteiger charge is -2.16. The fraction of sp³-hybridized carbons (Fsp3) is 0.974. The molecular weight excluding hydrogens is 520 g/mol. The summed E-state index contributed by atoms with van der Waals surface area (Å²) >= 11 is 0. The molecular formula is C38H76O4. The summed E-state index contributed by atoms with van der Waals surface area (Å²) in [5.74, 6) is 0.437. The molecule has 0 heterocycles. The second-order valence-electron chi connectivity index (χ2n) is 13.0. The molecule has 0 aliphatic rings. The third-order valence-electron chi connectivity index (χ3n) is 8.81. The van der Waals surface area contributed by atoms with E-state index in [-0.39, 0.29) is 5.97 Å². The molecule has 0 bridgehead atoms. The van der Waals surface area contributed by atoms with Gasteiger partial charge in [-0.15, -0.1) is 0 Å². The molecule has 252 valence electrons. The Morgan fingerprint density at radius 1 is 0.452 bits per heavy atom. The number of methoxy groups -OCH3 is 1. The lowest BCUT2D eigenvalue weighted by Crippen LogP contribution is -2.16. The van der Waals surface area contributed by atoms with Crippen LogP contribution in [-0.2, 0) is 19.0 Å². The number of carbonyl (C=O) groups excluding carboxylic acids is 1. The molecule has 0 spiro atoms. The molecule has 0 aromatic carbocycles. The summed E-state index contributed by atoms with van der Waals surface area (Å²) in [6, 6.07) is 0. The zero-order valence-corrected chi connectivity index (χ0v) is 29.0. The van der Waals surface area contributed by atoms with Gasteiger partial charge in [-0.3, -0.25) is 4.79 Å². The van der Waals surface area contributed by atoms with E-state index in [2.05, 4.69) is 13.8 Å². The molecule has 0 atom stereocenters. The SMILES string of the molecule is CCCCCCCCCCCCCCCC(CCCCCCCCCCCCCCC)CC(=O)OCCOCCOC. The Morgan fingerprint density at radius 3 is 1.14 bits per heavy atom. The van der Waals surface area contributed by atoms with Gasteiger partial charge in [0.1, 0.15) is 6.61 Å². The topological polar surface area (TPSA) is 44.8 Å². The van der Waals surface area contributed by atoms with E-state index in [0.717, 1.165) is 0 Å². The van der Waals surface area contributed by atoms with Gasteiger partial charge in [0.25, 0.3) is 0 Å². The van der Waals surface area contributed by atoms with E-state index in [1.807, 2.05) is 0 Å². The minimum atomic E-state index is -0.0419. The average molecular weight is 597 g/mol. The lowest BCUT2D eigenvalue weighted by molar-refractivity contribution is -0.146. The molecule has 0 N–H and O–H groups in total. The number of esters is 1. The van der Waals surface area contributed by atoms with Crippen LogP contribution in [0, 0.1) is 5.92 Å². The van der Waals surface area contributed by atoms with Gasteiger partial charge in [-0.1, -0.05) is 181 Å².